The van der Waals surface area contributed by atoms with Crippen LogP contribution in [0.15, 0.2) is 18.8 Å². The zero-order valence-corrected chi connectivity index (χ0v) is 8.00. The highest BCUT2D eigenvalue weighted by molar-refractivity contribution is 5.61. The Bertz CT molecular complexity index is 321. The molecule has 0 fully saturated rings. The highest BCUT2D eigenvalue weighted by Crippen LogP contribution is 2.18. The summed E-state index contributed by atoms with van der Waals surface area (Å²) in [6.07, 6.45) is 1.68. The maximum atomic E-state index is 5.52. The molecule has 0 aromatic carbocycles. The highest BCUT2D eigenvalue weighted by Gasteiger charge is 2.03. The van der Waals surface area contributed by atoms with Crippen molar-refractivity contribution in [1.82, 2.24) is 4.98 Å². The van der Waals surface area contributed by atoms with Crippen LogP contribution in [0.3, 0.4) is 0 Å². The molecule has 0 atom stereocenters. The Morgan fingerprint density at radius 3 is 2.92 bits per heavy atom. The van der Waals surface area contributed by atoms with Crippen molar-refractivity contribution in [2.24, 2.45) is 0 Å². The number of hydrogen-bond donors (Lipinski definition) is 1. The summed E-state index contributed by atoms with van der Waals surface area (Å²) in [5.41, 5.74) is 7.47. The van der Waals surface area contributed by atoms with E-state index in [0.29, 0.717) is 18.2 Å². The summed E-state index contributed by atoms with van der Waals surface area (Å²) in [4.78, 5) is 3.98. The fraction of sp³-hybridized carbons (Fsp3) is 0.300. The number of nitrogens with two attached hydrogens (primary N) is 1. The molecule has 3 nitrogen and oxygen atoms in total. The zero-order chi connectivity index (χ0) is 9.84. The topological polar surface area (TPSA) is 48.1 Å². The minimum atomic E-state index is 0.519. The van der Waals surface area contributed by atoms with Gasteiger partial charge < -0.3 is 10.5 Å². The van der Waals surface area contributed by atoms with Crippen molar-refractivity contribution < 1.29 is 4.74 Å². The lowest BCUT2D eigenvalue weighted by atomic mass is 10.1. The van der Waals surface area contributed by atoms with Crippen molar-refractivity contribution in [3.63, 3.8) is 0 Å². The first-order valence-corrected chi connectivity index (χ1v) is 4.19. The number of nitrogens with zero attached hydrogens (tertiary/aromatic N) is 1. The summed E-state index contributed by atoms with van der Waals surface area (Å²) in [7, 11) is 0. The molecule has 1 heterocycles. The van der Waals surface area contributed by atoms with E-state index >= 15 is 0 Å². The van der Waals surface area contributed by atoms with E-state index in [4.69, 9.17) is 10.5 Å². The average molecular weight is 178 g/mol. The Morgan fingerprint density at radius 2 is 2.38 bits per heavy atom. The van der Waals surface area contributed by atoms with Crippen LogP contribution in [-0.4, -0.2) is 11.6 Å². The van der Waals surface area contributed by atoms with Crippen LogP contribution in [0, 0.1) is 6.92 Å². The molecule has 0 spiro atoms. The summed E-state index contributed by atoms with van der Waals surface area (Å²) in [5.74, 6) is 1.16. The molecule has 0 aliphatic carbocycles. The molecule has 0 aliphatic rings. The van der Waals surface area contributed by atoms with Crippen LogP contribution in [0.1, 0.15) is 18.1 Å². The van der Waals surface area contributed by atoms with Gasteiger partial charge in [0, 0.05) is 11.8 Å². The number of pyridine rings is 1. The van der Waals surface area contributed by atoms with E-state index in [1.165, 1.54) is 0 Å². The summed E-state index contributed by atoms with van der Waals surface area (Å²) in [6, 6.07) is 1.81. The summed E-state index contributed by atoms with van der Waals surface area (Å²) in [5, 5.41) is 0. The molecule has 0 radical (unpaired) electrons. The molecule has 1 aromatic heterocycles. The van der Waals surface area contributed by atoms with Crippen molar-refractivity contribution in [3.05, 3.63) is 30.0 Å². The van der Waals surface area contributed by atoms with Crippen LogP contribution in [0.2, 0.25) is 0 Å². The molecule has 0 saturated heterocycles. The van der Waals surface area contributed by atoms with Gasteiger partial charge in [0.15, 0.2) is 0 Å². The van der Waals surface area contributed by atoms with E-state index in [1.54, 1.807) is 12.3 Å². The summed E-state index contributed by atoms with van der Waals surface area (Å²) >= 11 is 0. The molecule has 0 saturated carbocycles. The maximum absolute atomic E-state index is 5.52. The van der Waals surface area contributed by atoms with Crippen LogP contribution < -0.4 is 5.73 Å². The second-order valence-electron chi connectivity index (χ2n) is 2.78. The zero-order valence-electron chi connectivity index (χ0n) is 8.00. The van der Waals surface area contributed by atoms with Gasteiger partial charge in [0.2, 0.25) is 0 Å². The van der Waals surface area contributed by atoms with Crippen LogP contribution in [0.5, 0.6) is 0 Å². The van der Waals surface area contributed by atoms with E-state index in [2.05, 4.69) is 11.6 Å². The van der Waals surface area contributed by atoms with E-state index < -0.39 is 0 Å². The predicted molar refractivity (Wildman–Crippen MR) is 54.0 cm³/mol. The fourth-order valence-electron chi connectivity index (χ4n) is 1.12. The van der Waals surface area contributed by atoms with Crippen LogP contribution in [0.4, 0.5) is 5.82 Å². The molecule has 3 heteroatoms. The van der Waals surface area contributed by atoms with Crippen molar-refractivity contribution in [1.29, 1.82) is 0 Å². The standard InChI is InChI=1S/C10H14N2O/c1-4-13-8(3)9-6-12-10(11)5-7(9)2/h5-6H,3-4H2,1-2H3,(H2,11,12). The van der Waals surface area contributed by atoms with Gasteiger partial charge in [0.05, 0.1) is 6.61 Å². The summed E-state index contributed by atoms with van der Waals surface area (Å²) < 4.78 is 5.27. The van der Waals surface area contributed by atoms with Crippen molar-refractivity contribution in [3.8, 4) is 0 Å². The first kappa shape index (κ1) is 9.58. The molecule has 13 heavy (non-hydrogen) atoms. The van der Waals surface area contributed by atoms with Gasteiger partial charge in [-0.05, 0) is 25.5 Å². The third-order valence-electron chi connectivity index (χ3n) is 1.75. The number of aromatic nitrogens is 1. The van der Waals surface area contributed by atoms with Crippen LogP contribution in [-0.2, 0) is 4.74 Å². The number of aryl methyl sites for hydroxylation is 1. The molecular formula is C10H14N2O. The van der Waals surface area contributed by atoms with Gasteiger partial charge in [-0.2, -0.15) is 0 Å². The molecule has 1 aromatic rings. The smallest absolute Gasteiger partial charge is 0.123 e. The van der Waals surface area contributed by atoms with Gasteiger partial charge in [-0.1, -0.05) is 6.58 Å². The minimum Gasteiger partial charge on any atom is -0.494 e. The monoisotopic (exact) mass is 178 g/mol. The Morgan fingerprint density at radius 1 is 1.69 bits per heavy atom. The second-order valence-corrected chi connectivity index (χ2v) is 2.78. The number of anilines is 1. The SMILES string of the molecule is C=C(OCC)c1cnc(N)cc1C. The summed E-state index contributed by atoms with van der Waals surface area (Å²) in [6.45, 7) is 8.29. The highest BCUT2D eigenvalue weighted by atomic mass is 16.5. The van der Waals surface area contributed by atoms with Crippen molar-refractivity contribution in [2.45, 2.75) is 13.8 Å². The third kappa shape index (κ3) is 2.21. The normalized spacial score (nSPS) is 9.69. The molecule has 2 N–H and O–H groups in total. The molecule has 70 valence electrons. The molecule has 0 amide bonds. The van der Waals surface area contributed by atoms with Gasteiger partial charge in [-0.25, -0.2) is 4.98 Å². The Hall–Kier alpha value is -1.51. The number of ether oxygens (including phenoxy) is 1. The minimum absolute atomic E-state index is 0.519. The third-order valence-corrected chi connectivity index (χ3v) is 1.75. The lowest BCUT2D eigenvalue weighted by Gasteiger charge is -2.09. The van der Waals surface area contributed by atoms with E-state index in [1.807, 2.05) is 13.8 Å². The quantitative estimate of drug-likeness (QED) is 0.720. The lowest BCUT2D eigenvalue weighted by molar-refractivity contribution is 0.299. The Labute approximate surface area is 78.2 Å². The van der Waals surface area contributed by atoms with Crippen LogP contribution in [0.25, 0.3) is 5.76 Å². The van der Waals surface area contributed by atoms with Crippen molar-refractivity contribution in [2.75, 3.05) is 12.3 Å². The molecule has 1 rings (SSSR count). The van der Waals surface area contributed by atoms with Gasteiger partial charge in [0.1, 0.15) is 11.6 Å². The first-order chi connectivity index (χ1) is 6.15. The molecular weight excluding hydrogens is 164 g/mol. The van der Waals surface area contributed by atoms with Crippen molar-refractivity contribution >= 4 is 11.6 Å². The van der Waals surface area contributed by atoms with Gasteiger partial charge in [0.25, 0.3) is 0 Å². The average Bonchev–Trinajstić information content (AvgIpc) is 2.04. The predicted octanol–water partition coefficient (Wildman–Crippen LogP) is 1.98. The molecule has 0 aliphatic heterocycles. The van der Waals surface area contributed by atoms with Crippen LogP contribution >= 0.6 is 0 Å². The Kier molecular flexibility index (Phi) is 2.90. The van der Waals surface area contributed by atoms with E-state index in [-0.39, 0.29) is 0 Å². The lowest BCUT2D eigenvalue weighted by Crippen LogP contribution is -1.97. The number of nitrogen functional groups attached to an aromatic ring is 1. The van der Waals surface area contributed by atoms with Gasteiger partial charge in [-0.3, -0.25) is 0 Å². The number of hydrogen-bond acceptors (Lipinski definition) is 3. The maximum Gasteiger partial charge on any atom is 0.123 e. The largest absolute Gasteiger partial charge is 0.494 e. The van der Waals surface area contributed by atoms with Gasteiger partial charge in [-0.15, -0.1) is 0 Å². The molecule has 0 bridgehead atoms. The van der Waals surface area contributed by atoms with E-state index in [9.17, 15) is 0 Å². The first-order valence-electron chi connectivity index (χ1n) is 4.19. The fourth-order valence-corrected chi connectivity index (χ4v) is 1.12. The molecule has 0 unspecified atom stereocenters. The van der Waals surface area contributed by atoms with E-state index in [0.717, 1.165) is 11.1 Å². The Balaban J connectivity index is 2.95. The van der Waals surface area contributed by atoms with Gasteiger partial charge >= 0.3 is 0 Å². The second kappa shape index (κ2) is 3.94. The number of rotatable bonds is 3.